The van der Waals surface area contributed by atoms with Crippen LogP contribution in [0, 0.1) is 0 Å². The topological polar surface area (TPSA) is 78.9 Å². The molecule has 0 saturated heterocycles. The summed E-state index contributed by atoms with van der Waals surface area (Å²) in [6.45, 7) is 2.67. The maximum Gasteiger partial charge on any atom is 0.305 e. The Hall–Kier alpha value is -2.57. The molecule has 0 aromatic heterocycles. The zero-order chi connectivity index (χ0) is 21.8. The molecule has 0 spiro atoms. The van der Waals surface area contributed by atoms with Gasteiger partial charge >= 0.3 is 5.97 Å². The molecule has 30 heavy (non-hydrogen) atoms. The van der Waals surface area contributed by atoms with Crippen LogP contribution >= 0.6 is 0 Å². The fourth-order valence-corrected chi connectivity index (χ4v) is 3.91. The molecule has 0 bridgehead atoms. The van der Waals surface area contributed by atoms with E-state index in [0.29, 0.717) is 19.6 Å². The highest BCUT2D eigenvalue weighted by Gasteiger charge is 2.38. The van der Waals surface area contributed by atoms with Crippen molar-refractivity contribution in [2.24, 2.45) is 0 Å². The molecule has 1 aliphatic carbocycles. The molecule has 3 rings (SSSR count). The second-order valence-electron chi connectivity index (χ2n) is 8.05. The van der Waals surface area contributed by atoms with E-state index >= 15 is 0 Å². The van der Waals surface area contributed by atoms with E-state index in [1.165, 1.54) is 0 Å². The molecule has 162 valence electrons. The molecule has 2 aromatic rings. The predicted octanol–water partition coefficient (Wildman–Crippen LogP) is 1.48. The van der Waals surface area contributed by atoms with Crippen molar-refractivity contribution in [3.05, 3.63) is 59.7 Å². The minimum atomic E-state index is -0.935. The van der Waals surface area contributed by atoms with E-state index in [9.17, 15) is 15.0 Å². The van der Waals surface area contributed by atoms with Crippen LogP contribution in [0.5, 0.6) is 0 Å². The first-order chi connectivity index (χ1) is 14.3. The quantitative estimate of drug-likeness (QED) is 0.614. The zero-order valence-electron chi connectivity index (χ0n) is 18.1. The number of anilines is 2. The maximum absolute atomic E-state index is 12.9. The summed E-state index contributed by atoms with van der Waals surface area (Å²) >= 11 is 0. The first kappa shape index (κ1) is 22.1. The number of rotatable bonds is 8. The Labute approximate surface area is 178 Å². The van der Waals surface area contributed by atoms with Crippen LogP contribution < -0.4 is 20.0 Å². The van der Waals surface area contributed by atoms with Gasteiger partial charge in [-0.25, -0.2) is 0 Å². The highest BCUT2D eigenvalue weighted by atomic mass is 16.5. The van der Waals surface area contributed by atoms with Crippen molar-refractivity contribution in [3.63, 3.8) is 0 Å². The smallest absolute Gasteiger partial charge is 0.305 e. The van der Waals surface area contributed by atoms with Gasteiger partial charge in [-0.1, -0.05) is 31.2 Å². The van der Waals surface area contributed by atoms with Gasteiger partial charge in [-0.15, -0.1) is 12.2 Å². The van der Waals surface area contributed by atoms with Crippen molar-refractivity contribution in [3.8, 4) is 0 Å². The summed E-state index contributed by atoms with van der Waals surface area (Å²) < 4.78 is 5.11. The second-order valence-corrected chi connectivity index (χ2v) is 8.05. The first-order valence-electron chi connectivity index (χ1n) is 10.4. The Bertz CT molecular complexity index is 825. The van der Waals surface area contributed by atoms with Crippen molar-refractivity contribution in [2.45, 2.75) is 37.4 Å². The summed E-state index contributed by atoms with van der Waals surface area (Å²) in [6, 6.07) is 15.3. The summed E-state index contributed by atoms with van der Waals surface area (Å²) in [7, 11) is 5.83. The van der Waals surface area contributed by atoms with Crippen molar-refractivity contribution in [1.82, 2.24) is 0 Å². The average Bonchev–Trinajstić information content (AvgIpc) is 2.74. The Balaban J connectivity index is 1.61. The van der Waals surface area contributed by atoms with Crippen LogP contribution in [0.25, 0.3) is 0 Å². The van der Waals surface area contributed by atoms with Crippen LogP contribution in [0.3, 0.4) is 0 Å². The number of ether oxygens (including phenoxy) is 1. The maximum atomic E-state index is 12.9. The predicted molar refractivity (Wildman–Crippen MR) is 115 cm³/mol. The lowest BCUT2D eigenvalue weighted by molar-refractivity contribution is -0.536. The summed E-state index contributed by atoms with van der Waals surface area (Å²) in [5.74, 6) is -1.23. The van der Waals surface area contributed by atoms with Crippen molar-refractivity contribution >= 4 is 17.3 Å². The number of hydrogen-bond acceptors (Lipinski definition) is 6. The number of benzene rings is 2. The first-order valence-corrected chi connectivity index (χ1v) is 10.4. The molecule has 1 fully saturated rings. The molecule has 0 N–H and O–H groups in total. The fraction of sp³-hybridized carbons (Fsp3) is 0.458. The molecule has 6 nitrogen and oxygen atoms in total. The van der Waals surface area contributed by atoms with E-state index in [0.717, 1.165) is 22.5 Å². The van der Waals surface area contributed by atoms with Crippen LogP contribution in [0.2, 0.25) is 0 Å². The van der Waals surface area contributed by atoms with E-state index in [-0.39, 0.29) is 5.97 Å². The minimum Gasteiger partial charge on any atom is -0.851 e. The average molecular weight is 411 g/mol. The van der Waals surface area contributed by atoms with Crippen LogP contribution in [0.4, 0.5) is 11.4 Å². The number of esters is 1. The lowest BCUT2D eigenvalue weighted by Crippen LogP contribution is -2.63. The van der Waals surface area contributed by atoms with Gasteiger partial charge in [0.25, 0.3) is 0 Å². The molecule has 2 atom stereocenters. The molecule has 0 aliphatic heterocycles. The third-order valence-electron chi connectivity index (χ3n) is 5.91. The van der Waals surface area contributed by atoms with E-state index in [2.05, 4.69) is 0 Å². The second kappa shape index (κ2) is 9.49. The van der Waals surface area contributed by atoms with Gasteiger partial charge in [0.2, 0.25) is 0 Å². The van der Waals surface area contributed by atoms with Gasteiger partial charge in [0.05, 0.1) is 6.54 Å². The summed E-state index contributed by atoms with van der Waals surface area (Å²) in [6.07, 6.45) is -1.50. The van der Waals surface area contributed by atoms with E-state index in [1.54, 1.807) is 6.92 Å². The molecule has 1 aliphatic rings. The van der Waals surface area contributed by atoms with Gasteiger partial charge in [0.15, 0.2) is 0 Å². The Morgan fingerprint density at radius 2 is 1.33 bits per heavy atom. The van der Waals surface area contributed by atoms with Crippen molar-refractivity contribution < 1.29 is 19.7 Å². The highest BCUT2D eigenvalue weighted by Crippen LogP contribution is 2.45. The normalized spacial score (nSPS) is 22.9. The third kappa shape index (κ3) is 4.60. The lowest BCUT2D eigenvalue weighted by Gasteiger charge is -2.61. The van der Waals surface area contributed by atoms with Crippen LogP contribution in [-0.2, 0) is 9.53 Å². The molecule has 6 heteroatoms. The number of nitrogens with zero attached hydrogens (tertiary/aromatic N) is 2. The number of carbonyl (C=O) groups excluding carboxylic acids is 1. The van der Waals surface area contributed by atoms with E-state index in [1.807, 2.05) is 79.5 Å². The molecular formula is C24H30N2O4-2. The highest BCUT2D eigenvalue weighted by molar-refractivity contribution is 5.68. The van der Waals surface area contributed by atoms with Gasteiger partial charge in [-0.2, -0.15) is 0 Å². The largest absolute Gasteiger partial charge is 0.851 e. The Morgan fingerprint density at radius 3 is 1.77 bits per heavy atom. The summed E-state index contributed by atoms with van der Waals surface area (Å²) in [5.41, 5.74) is 3.62. The standard InChI is InChI=1S/C24H30N2O4/c1-5-20(27)30-15-14-26(4)19-12-8-17(9-13-19)22-23(28)21(24(22)29)16-6-10-18(11-7-16)25(2)3/h6-13,21-24H,5,14-15H2,1-4H3/q-2. The van der Waals surface area contributed by atoms with Gasteiger partial charge in [0, 0.05) is 38.9 Å². The molecule has 2 unspecified atom stereocenters. The molecule has 0 radical (unpaired) electrons. The third-order valence-corrected chi connectivity index (χ3v) is 5.91. The minimum absolute atomic E-state index is 0.211. The van der Waals surface area contributed by atoms with Gasteiger partial charge in [0.1, 0.15) is 6.61 Å². The molecule has 0 amide bonds. The van der Waals surface area contributed by atoms with Crippen LogP contribution in [0.1, 0.15) is 36.3 Å². The van der Waals surface area contributed by atoms with Gasteiger partial charge < -0.3 is 24.7 Å². The molecular weight excluding hydrogens is 380 g/mol. The van der Waals surface area contributed by atoms with Crippen molar-refractivity contribution in [1.29, 1.82) is 0 Å². The lowest BCUT2D eigenvalue weighted by atomic mass is 9.63. The Morgan fingerprint density at radius 1 is 0.867 bits per heavy atom. The van der Waals surface area contributed by atoms with Crippen LogP contribution in [-0.4, -0.2) is 52.5 Å². The molecule has 0 heterocycles. The van der Waals surface area contributed by atoms with Crippen LogP contribution in [0.15, 0.2) is 48.5 Å². The number of carbonyl (C=O) groups is 1. The van der Waals surface area contributed by atoms with Gasteiger partial charge in [-0.3, -0.25) is 4.79 Å². The number of hydrogen-bond donors (Lipinski definition) is 0. The zero-order valence-corrected chi connectivity index (χ0v) is 18.1. The summed E-state index contributed by atoms with van der Waals surface area (Å²) in [5, 5.41) is 25.7. The monoisotopic (exact) mass is 410 g/mol. The molecule has 2 aromatic carbocycles. The fourth-order valence-electron chi connectivity index (χ4n) is 3.91. The van der Waals surface area contributed by atoms with Gasteiger partial charge in [-0.05, 0) is 47.2 Å². The van der Waals surface area contributed by atoms with Crippen molar-refractivity contribution in [2.75, 3.05) is 44.1 Å². The SMILES string of the molecule is CCC(=O)OCCN(C)c1ccc(C2C([O-])C(c3ccc(N(C)C)cc3)C2[O-])cc1. The Kier molecular flexibility index (Phi) is 7.00. The van der Waals surface area contributed by atoms with E-state index in [4.69, 9.17) is 4.74 Å². The molecule has 1 saturated carbocycles. The summed E-state index contributed by atoms with van der Waals surface area (Å²) in [4.78, 5) is 15.2. The van der Waals surface area contributed by atoms with E-state index < -0.39 is 24.0 Å². The number of likely N-dealkylation sites (N-methyl/N-ethyl adjacent to an activating group) is 1.